The normalized spacial score (nSPS) is 18.7. The minimum Gasteiger partial charge on any atom is -0.507 e. The van der Waals surface area contributed by atoms with Gasteiger partial charge in [0.15, 0.2) is 11.5 Å². The Morgan fingerprint density at radius 1 is 0.929 bits per heavy atom. The molecule has 1 amide bonds. The van der Waals surface area contributed by atoms with E-state index in [1.807, 2.05) is 43.3 Å². The van der Waals surface area contributed by atoms with Crippen molar-refractivity contribution in [2.45, 2.75) is 19.6 Å². The molecule has 3 aromatic carbocycles. The zero-order valence-corrected chi connectivity index (χ0v) is 24.0. The predicted octanol–water partition coefficient (Wildman–Crippen LogP) is 4.43. The molecule has 2 aliphatic rings. The van der Waals surface area contributed by atoms with Crippen LogP contribution in [0.25, 0.3) is 5.76 Å². The highest BCUT2D eigenvalue weighted by atomic mass is 16.5. The van der Waals surface area contributed by atoms with Crippen molar-refractivity contribution in [2.75, 3.05) is 53.1 Å². The molecule has 5 rings (SSSR count). The van der Waals surface area contributed by atoms with Crippen LogP contribution in [0.3, 0.4) is 0 Å². The second-order valence-corrected chi connectivity index (χ2v) is 10.1. The van der Waals surface area contributed by atoms with Crippen LogP contribution in [0.4, 0.5) is 0 Å². The third kappa shape index (κ3) is 6.42. The first-order chi connectivity index (χ1) is 20.5. The summed E-state index contributed by atoms with van der Waals surface area (Å²) in [6.07, 6.45) is 0. The Morgan fingerprint density at radius 3 is 2.45 bits per heavy atom. The number of Topliss-reactive ketones (excluding diaryl/α,β-unsaturated/α-hetero) is 1. The van der Waals surface area contributed by atoms with Crippen molar-refractivity contribution < 1.29 is 33.6 Å². The van der Waals surface area contributed by atoms with Gasteiger partial charge < -0.3 is 29.0 Å². The lowest BCUT2D eigenvalue weighted by Gasteiger charge is -2.31. The van der Waals surface area contributed by atoms with Crippen LogP contribution in [-0.4, -0.2) is 79.7 Å². The molecule has 220 valence electrons. The number of morpholine rings is 1. The molecule has 2 saturated heterocycles. The van der Waals surface area contributed by atoms with Crippen LogP contribution in [0.2, 0.25) is 0 Å². The fourth-order valence-corrected chi connectivity index (χ4v) is 5.30. The van der Waals surface area contributed by atoms with E-state index < -0.39 is 17.7 Å². The number of nitrogens with zero attached hydrogens (tertiary/aromatic N) is 2. The second-order valence-electron chi connectivity index (χ2n) is 10.1. The van der Waals surface area contributed by atoms with Gasteiger partial charge in [-0.2, -0.15) is 0 Å². The lowest BCUT2D eigenvalue weighted by atomic mass is 9.95. The van der Waals surface area contributed by atoms with Gasteiger partial charge in [-0.1, -0.05) is 48.5 Å². The number of aliphatic hydroxyl groups is 1. The Hall–Kier alpha value is -4.34. The number of aliphatic hydroxyl groups excluding tert-OH is 1. The van der Waals surface area contributed by atoms with Crippen molar-refractivity contribution in [1.29, 1.82) is 0 Å². The number of ether oxygens (including phenoxy) is 4. The fourth-order valence-electron chi connectivity index (χ4n) is 5.30. The molecule has 9 nitrogen and oxygen atoms in total. The molecule has 3 aromatic rings. The lowest BCUT2D eigenvalue weighted by Crippen LogP contribution is -2.42. The third-order valence-corrected chi connectivity index (χ3v) is 7.46. The Balaban J connectivity index is 1.51. The molecule has 1 N–H and O–H groups in total. The number of hydrogen-bond donors (Lipinski definition) is 1. The summed E-state index contributed by atoms with van der Waals surface area (Å²) < 4.78 is 22.8. The van der Waals surface area contributed by atoms with Crippen LogP contribution in [0.15, 0.2) is 78.4 Å². The first-order valence-electron chi connectivity index (χ1n) is 14.2. The van der Waals surface area contributed by atoms with E-state index in [1.165, 1.54) is 4.90 Å². The van der Waals surface area contributed by atoms with Crippen molar-refractivity contribution in [1.82, 2.24) is 9.80 Å². The third-order valence-electron chi connectivity index (χ3n) is 7.46. The van der Waals surface area contributed by atoms with Crippen molar-refractivity contribution in [2.24, 2.45) is 0 Å². The highest BCUT2D eigenvalue weighted by molar-refractivity contribution is 6.46. The molecule has 42 heavy (non-hydrogen) atoms. The zero-order chi connectivity index (χ0) is 29.5. The van der Waals surface area contributed by atoms with Gasteiger partial charge in [-0.3, -0.25) is 14.5 Å². The van der Waals surface area contributed by atoms with Crippen LogP contribution in [0, 0.1) is 0 Å². The number of carbonyl (C=O) groups is 2. The highest BCUT2D eigenvalue weighted by Gasteiger charge is 2.46. The highest BCUT2D eigenvalue weighted by Crippen LogP contribution is 2.42. The first-order valence-corrected chi connectivity index (χ1v) is 14.2. The number of ketones is 1. The number of benzene rings is 3. The van der Waals surface area contributed by atoms with Gasteiger partial charge in [0, 0.05) is 31.7 Å². The van der Waals surface area contributed by atoms with Gasteiger partial charge in [-0.25, -0.2) is 0 Å². The number of amides is 1. The molecule has 2 heterocycles. The van der Waals surface area contributed by atoms with Gasteiger partial charge in [0.1, 0.15) is 18.1 Å². The molecule has 1 unspecified atom stereocenters. The Labute approximate surface area is 245 Å². The second kappa shape index (κ2) is 13.5. The molecule has 0 saturated carbocycles. The minimum atomic E-state index is -0.820. The fraction of sp³-hybridized carbons (Fsp3) is 0.333. The van der Waals surface area contributed by atoms with Crippen molar-refractivity contribution in [3.05, 3.63) is 95.1 Å². The topological polar surface area (TPSA) is 97.8 Å². The molecule has 1 atom stereocenters. The van der Waals surface area contributed by atoms with E-state index in [2.05, 4.69) is 4.90 Å². The van der Waals surface area contributed by atoms with Crippen molar-refractivity contribution >= 4 is 17.4 Å². The quantitative estimate of drug-likeness (QED) is 0.205. The summed E-state index contributed by atoms with van der Waals surface area (Å²) in [6.45, 7) is 6.30. The maximum absolute atomic E-state index is 13.5. The summed E-state index contributed by atoms with van der Waals surface area (Å²) in [4.78, 5) is 30.7. The van der Waals surface area contributed by atoms with E-state index >= 15 is 0 Å². The van der Waals surface area contributed by atoms with E-state index in [-0.39, 0.29) is 11.3 Å². The number of methoxy groups -OCH3 is 1. The van der Waals surface area contributed by atoms with Crippen LogP contribution in [0.1, 0.15) is 29.7 Å². The number of hydrogen-bond acceptors (Lipinski definition) is 8. The zero-order valence-electron chi connectivity index (χ0n) is 24.0. The monoisotopic (exact) mass is 572 g/mol. The van der Waals surface area contributed by atoms with Gasteiger partial charge >= 0.3 is 0 Å². The Bertz CT molecular complexity index is 1430. The van der Waals surface area contributed by atoms with E-state index in [0.717, 1.165) is 18.7 Å². The summed E-state index contributed by atoms with van der Waals surface area (Å²) in [5.74, 6) is -0.0949. The van der Waals surface area contributed by atoms with E-state index in [9.17, 15) is 14.7 Å². The summed E-state index contributed by atoms with van der Waals surface area (Å²) in [5, 5.41) is 11.5. The SMILES string of the molecule is CCOc1cccc(C(O)=C2C(=O)C(=O)N(CCN3CCOCC3)C2c2ccc(OCc3ccccc3)c(OC)c2)c1. The maximum Gasteiger partial charge on any atom is 0.295 e. The number of likely N-dealkylation sites (tertiary alicyclic amines) is 1. The Morgan fingerprint density at radius 2 is 1.71 bits per heavy atom. The average Bonchev–Trinajstić information content (AvgIpc) is 3.28. The maximum atomic E-state index is 13.5. The van der Waals surface area contributed by atoms with Gasteiger partial charge in [-0.15, -0.1) is 0 Å². The van der Waals surface area contributed by atoms with E-state index in [0.29, 0.717) is 67.9 Å². The predicted molar refractivity (Wildman–Crippen MR) is 158 cm³/mol. The molecule has 0 aliphatic carbocycles. The molecule has 0 bridgehead atoms. The minimum absolute atomic E-state index is 0.0237. The first kappa shape index (κ1) is 29.2. The molecule has 9 heteroatoms. The molecule has 0 aromatic heterocycles. The van der Waals surface area contributed by atoms with Crippen molar-refractivity contribution in [3.63, 3.8) is 0 Å². The van der Waals surface area contributed by atoms with Gasteiger partial charge in [0.25, 0.3) is 11.7 Å². The number of carbonyl (C=O) groups excluding carboxylic acids is 2. The molecule has 2 aliphatic heterocycles. The number of rotatable bonds is 11. The standard InChI is InChI=1S/C33H36N2O7/c1-3-41-26-11-7-10-25(20-26)31(36)29-30(35(33(38)32(29)37)15-14-34-16-18-40-19-17-34)24-12-13-27(28(21-24)39-2)42-22-23-8-5-4-6-9-23/h4-13,20-21,30,36H,3,14-19,22H2,1-2H3. The van der Waals surface area contributed by atoms with Gasteiger partial charge in [0.05, 0.1) is 38.5 Å². The van der Waals surface area contributed by atoms with Crippen LogP contribution < -0.4 is 14.2 Å². The van der Waals surface area contributed by atoms with E-state index in [1.54, 1.807) is 43.5 Å². The summed E-state index contributed by atoms with van der Waals surface area (Å²) >= 11 is 0. The summed E-state index contributed by atoms with van der Waals surface area (Å²) in [5.41, 5.74) is 2.06. The smallest absolute Gasteiger partial charge is 0.295 e. The Kier molecular flexibility index (Phi) is 9.41. The molecular weight excluding hydrogens is 536 g/mol. The van der Waals surface area contributed by atoms with Crippen LogP contribution in [0.5, 0.6) is 17.2 Å². The molecule has 0 radical (unpaired) electrons. The molecule has 0 spiro atoms. The molecule has 2 fully saturated rings. The lowest BCUT2D eigenvalue weighted by molar-refractivity contribution is -0.140. The van der Waals surface area contributed by atoms with Crippen molar-refractivity contribution in [3.8, 4) is 17.2 Å². The van der Waals surface area contributed by atoms with E-state index in [4.69, 9.17) is 18.9 Å². The largest absolute Gasteiger partial charge is 0.507 e. The molecular formula is C33H36N2O7. The van der Waals surface area contributed by atoms with Crippen LogP contribution >= 0.6 is 0 Å². The average molecular weight is 573 g/mol. The summed E-state index contributed by atoms with van der Waals surface area (Å²) in [7, 11) is 1.54. The van der Waals surface area contributed by atoms with Gasteiger partial charge in [0.2, 0.25) is 0 Å². The van der Waals surface area contributed by atoms with Crippen LogP contribution in [-0.2, 0) is 20.9 Å². The summed E-state index contributed by atoms with van der Waals surface area (Å²) in [6, 6.07) is 21.2. The van der Waals surface area contributed by atoms with Gasteiger partial charge in [-0.05, 0) is 42.3 Å².